The largest absolute Gasteiger partial charge is 0.352 e. The summed E-state index contributed by atoms with van der Waals surface area (Å²) >= 11 is 0. The van der Waals surface area contributed by atoms with E-state index in [1.165, 1.54) is 6.08 Å². The van der Waals surface area contributed by atoms with Crippen molar-refractivity contribution in [2.24, 2.45) is 13.0 Å². The lowest BCUT2D eigenvalue weighted by molar-refractivity contribution is -0.127. The standard InChI is InChI=1S/C14H20N4O2/c1-3-13(19)18-6-4-11(5-7-18)8-15-14(20)12-9-16-17(2)10-12/h3,9-11H,1,4-8H2,2H3,(H,15,20). The minimum absolute atomic E-state index is 0.0113. The molecule has 108 valence electrons. The third kappa shape index (κ3) is 3.46. The van der Waals surface area contributed by atoms with E-state index in [2.05, 4.69) is 17.0 Å². The van der Waals surface area contributed by atoms with Crippen LogP contribution in [-0.4, -0.2) is 46.1 Å². The molecule has 0 aliphatic carbocycles. The van der Waals surface area contributed by atoms with Gasteiger partial charge in [0.05, 0.1) is 11.8 Å². The third-order valence-corrected chi connectivity index (χ3v) is 3.62. The molecular formula is C14H20N4O2. The number of likely N-dealkylation sites (tertiary alicyclic amines) is 1. The number of aromatic nitrogens is 2. The highest BCUT2D eigenvalue weighted by atomic mass is 16.2. The highest BCUT2D eigenvalue weighted by Crippen LogP contribution is 2.16. The van der Waals surface area contributed by atoms with Crippen molar-refractivity contribution in [2.75, 3.05) is 19.6 Å². The predicted octanol–water partition coefficient (Wildman–Crippen LogP) is 0.574. The van der Waals surface area contributed by atoms with Crippen molar-refractivity contribution in [3.63, 3.8) is 0 Å². The molecule has 1 aliphatic rings. The average molecular weight is 276 g/mol. The summed E-state index contributed by atoms with van der Waals surface area (Å²) in [6.07, 6.45) is 6.42. The Kier molecular flexibility index (Phi) is 4.55. The second kappa shape index (κ2) is 6.36. The first-order valence-corrected chi connectivity index (χ1v) is 6.78. The number of rotatable bonds is 4. The van der Waals surface area contributed by atoms with Gasteiger partial charge < -0.3 is 10.2 Å². The smallest absolute Gasteiger partial charge is 0.254 e. The van der Waals surface area contributed by atoms with Crippen molar-refractivity contribution in [1.82, 2.24) is 20.0 Å². The lowest BCUT2D eigenvalue weighted by atomic mass is 9.96. The van der Waals surface area contributed by atoms with Crippen LogP contribution < -0.4 is 5.32 Å². The maximum Gasteiger partial charge on any atom is 0.254 e. The molecule has 1 saturated heterocycles. The molecule has 0 unspecified atom stereocenters. The minimum atomic E-state index is -0.0947. The summed E-state index contributed by atoms with van der Waals surface area (Å²) in [6.45, 7) is 5.61. The summed E-state index contributed by atoms with van der Waals surface area (Å²) in [7, 11) is 1.78. The number of carbonyl (C=O) groups excluding carboxylic acids is 2. The molecule has 1 aliphatic heterocycles. The van der Waals surface area contributed by atoms with Crippen LogP contribution in [0.15, 0.2) is 25.0 Å². The molecular weight excluding hydrogens is 256 g/mol. The van der Waals surface area contributed by atoms with E-state index in [9.17, 15) is 9.59 Å². The van der Waals surface area contributed by atoms with E-state index >= 15 is 0 Å². The fourth-order valence-corrected chi connectivity index (χ4v) is 2.36. The van der Waals surface area contributed by atoms with Crippen molar-refractivity contribution in [3.05, 3.63) is 30.6 Å². The van der Waals surface area contributed by atoms with Gasteiger partial charge in [-0.25, -0.2) is 0 Å². The fourth-order valence-electron chi connectivity index (χ4n) is 2.36. The summed E-state index contributed by atoms with van der Waals surface area (Å²) in [4.78, 5) is 25.1. The molecule has 1 fully saturated rings. The maximum absolute atomic E-state index is 11.9. The van der Waals surface area contributed by atoms with Crippen molar-refractivity contribution < 1.29 is 9.59 Å². The van der Waals surface area contributed by atoms with Crippen LogP contribution in [0, 0.1) is 5.92 Å². The van der Waals surface area contributed by atoms with E-state index in [1.807, 2.05) is 0 Å². The van der Waals surface area contributed by atoms with Crippen molar-refractivity contribution in [2.45, 2.75) is 12.8 Å². The molecule has 2 rings (SSSR count). The summed E-state index contributed by atoms with van der Waals surface area (Å²) in [5.41, 5.74) is 0.576. The molecule has 1 N–H and O–H groups in total. The first-order valence-electron chi connectivity index (χ1n) is 6.78. The summed E-state index contributed by atoms with van der Waals surface area (Å²) < 4.78 is 1.61. The SMILES string of the molecule is C=CC(=O)N1CCC(CNC(=O)c2cnn(C)c2)CC1. The van der Waals surface area contributed by atoms with Gasteiger partial charge in [-0.1, -0.05) is 6.58 Å². The minimum Gasteiger partial charge on any atom is -0.352 e. The fraction of sp³-hybridized carbons (Fsp3) is 0.500. The zero-order valence-corrected chi connectivity index (χ0v) is 11.7. The van der Waals surface area contributed by atoms with Crippen LogP contribution in [0.4, 0.5) is 0 Å². The molecule has 1 aromatic heterocycles. The molecule has 2 amide bonds. The Bertz CT molecular complexity index is 501. The maximum atomic E-state index is 11.9. The Balaban J connectivity index is 1.75. The first-order chi connectivity index (χ1) is 9.60. The van der Waals surface area contributed by atoms with Gasteiger partial charge in [-0.2, -0.15) is 5.10 Å². The average Bonchev–Trinajstić information content (AvgIpc) is 2.91. The van der Waals surface area contributed by atoms with E-state index in [4.69, 9.17) is 0 Å². The Morgan fingerprint density at radius 1 is 1.50 bits per heavy atom. The van der Waals surface area contributed by atoms with Gasteiger partial charge in [-0.3, -0.25) is 14.3 Å². The Hall–Kier alpha value is -2.11. The number of piperidine rings is 1. The van der Waals surface area contributed by atoms with Crippen LogP contribution in [0.2, 0.25) is 0 Å². The van der Waals surface area contributed by atoms with Crippen LogP contribution in [0.25, 0.3) is 0 Å². The van der Waals surface area contributed by atoms with Crippen LogP contribution >= 0.6 is 0 Å². The molecule has 1 aromatic rings. The molecule has 20 heavy (non-hydrogen) atoms. The third-order valence-electron chi connectivity index (χ3n) is 3.62. The van der Waals surface area contributed by atoms with Crippen molar-refractivity contribution >= 4 is 11.8 Å². The molecule has 0 aromatic carbocycles. The normalized spacial score (nSPS) is 15.9. The predicted molar refractivity (Wildman–Crippen MR) is 75.0 cm³/mol. The van der Waals surface area contributed by atoms with Crippen LogP contribution in [-0.2, 0) is 11.8 Å². The van der Waals surface area contributed by atoms with Gasteiger partial charge in [0.2, 0.25) is 5.91 Å². The van der Waals surface area contributed by atoms with Gasteiger partial charge in [0.25, 0.3) is 5.91 Å². The van der Waals surface area contributed by atoms with Gasteiger partial charge in [0.1, 0.15) is 0 Å². The van der Waals surface area contributed by atoms with Gasteiger partial charge in [0.15, 0.2) is 0 Å². The Labute approximate surface area is 118 Å². The molecule has 0 atom stereocenters. The van der Waals surface area contributed by atoms with E-state index in [1.54, 1.807) is 29.0 Å². The lowest BCUT2D eigenvalue weighted by Gasteiger charge is -2.31. The molecule has 0 bridgehead atoms. The zero-order chi connectivity index (χ0) is 14.5. The number of nitrogens with zero attached hydrogens (tertiary/aromatic N) is 3. The molecule has 0 radical (unpaired) electrons. The number of nitrogens with one attached hydrogen (secondary N) is 1. The summed E-state index contributed by atoms with van der Waals surface area (Å²) in [6, 6.07) is 0. The van der Waals surface area contributed by atoms with Crippen LogP contribution in [0.5, 0.6) is 0 Å². The van der Waals surface area contributed by atoms with Crippen LogP contribution in [0.1, 0.15) is 23.2 Å². The second-order valence-electron chi connectivity index (χ2n) is 5.09. The van der Waals surface area contributed by atoms with E-state index < -0.39 is 0 Å². The molecule has 2 heterocycles. The molecule has 0 spiro atoms. The highest BCUT2D eigenvalue weighted by molar-refractivity contribution is 5.93. The van der Waals surface area contributed by atoms with Gasteiger partial charge in [0, 0.05) is 32.9 Å². The number of hydrogen-bond donors (Lipinski definition) is 1. The molecule has 6 heteroatoms. The number of carbonyl (C=O) groups is 2. The van der Waals surface area contributed by atoms with E-state index in [-0.39, 0.29) is 11.8 Å². The van der Waals surface area contributed by atoms with Gasteiger partial charge >= 0.3 is 0 Å². The topological polar surface area (TPSA) is 67.2 Å². The monoisotopic (exact) mass is 276 g/mol. The Morgan fingerprint density at radius 3 is 2.75 bits per heavy atom. The van der Waals surface area contributed by atoms with E-state index in [0.29, 0.717) is 18.0 Å². The van der Waals surface area contributed by atoms with Crippen molar-refractivity contribution in [3.8, 4) is 0 Å². The van der Waals surface area contributed by atoms with E-state index in [0.717, 1.165) is 25.9 Å². The number of hydrogen-bond acceptors (Lipinski definition) is 3. The quantitative estimate of drug-likeness (QED) is 0.818. The second-order valence-corrected chi connectivity index (χ2v) is 5.09. The van der Waals surface area contributed by atoms with Gasteiger partial charge in [-0.05, 0) is 24.8 Å². The Morgan fingerprint density at radius 2 is 2.20 bits per heavy atom. The molecule has 0 saturated carbocycles. The van der Waals surface area contributed by atoms with Gasteiger partial charge in [-0.15, -0.1) is 0 Å². The number of amides is 2. The summed E-state index contributed by atoms with van der Waals surface area (Å²) in [5.74, 6) is 0.315. The first kappa shape index (κ1) is 14.3. The summed E-state index contributed by atoms with van der Waals surface area (Å²) in [5, 5.41) is 6.90. The lowest BCUT2D eigenvalue weighted by Crippen LogP contribution is -2.40. The number of aryl methyl sites for hydroxylation is 1. The zero-order valence-electron chi connectivity index (χ0n) is 11.7. The highest BCUT2D eigenvalue weighted by Gasteiger charge is 2.21. The van der Waals surface area contributed by atoms with Crippen LogP contribution in [0.3, 0.4) is 0 Å². The van der Waals surface area contributed by atoms with Crippen molar-refractivity contribution in [1.29, 1.82) is 0 Å². The molecule has 6 nitrogen and oxygen atoms in total.